The molecule has 158 valence electrons. The van der Waals surface area contributed by atoms with Gasteiger partial charge in [0.15, 0.2) is 0 Å². The molecule has 3 rings (SSSR count). The number of nitrogens with zero attached hydrogens (tertiary/aromatic N) is 1. The van der Waals surface area contributed by atoms with Gasteiger partial charge in [0, 0.05) is 28.2 Å². The zero-order chi connectivity index (χ0) is 20.3. The number of amides is 1. The molecule has 2 aromatic rings. The van der Waals surface area contributed by atoms with E-state index in [0.29, 0.717) is 18.0 Å². The van der Waals surface area contributed by atoms with Crippen molar-refractivity contribution in [2.24, 2.45) is 0 Å². The molecule has 1 saturated heterocycles. The smallest absolute Gasteiger partial charge is 0.232 e. The molecule has 7 heteroatoms. The predicted octanol–water partition coefficient (Wildman–Crippen LogP) is 3.82. The maximum Gasteiger partial charge on any atom is 0.232 e. The van der Waals surface area contributed by atoms with Crippen LogP contribution in [0.1, 0.15) is 37.0 Å². The molecule has 1 aliphatic rings. The molecule has 0 aliphatic carbocycles. The maximum atomic E-state index is 12.1. The normalized spacial score (nSPS) is 15.7. The topological polar surface area (TPSA) is 58.6 Å². The van der Waals surface area contributed by atoms with Crippen LogP contribution in [0.4, 0.5) is 0 Å². The van der Waals surface area contributed by atoms with Crippen LogP contribution in [0, 0.1) is 0 Å². The number of nitrogens with one attached hydrogen (secondary N) is 1. The van der Waals surface area contributed by atoms with Crippen molar-refractivity contribution < 1.29 is 13.7 Å². The molecule has 1 aromatic carbocycles. The number of ether oxygens (including phenoxy) is 1. The average Bonchev–Trinajstić information content (AvgIpc) is 3.19. The number of thiophene rings is 1. The van der Waals surface area contributed by atoms with Crippen LogP contribution in [0.2, 0.25) is 0 Å². The van der Waals surface area contributed by atoms with Gasteiger partial charge in [0.05, 0.1) is 17.4 Å². The molecular formula is C22H30N2O3S2. The molecule has 1 atom stereocenters. The summed E-state index contributed by atoms with van der Waals surface area (Å²) in [5, 5.41) is 4.92. The minimum atomic E-state index is -1.29. The van der Waals surface area contributed by atoms with Crippen LogP contribution in [0.5, 0.6) is 5.75 Å². The highest BCUT2D eigenvalue weighted by Crippen LogP contribution is 2.24. The second-order valence-electron chi connectivity index (χ2n) is 7.29. The molecular weight excluding hydrogens is 404 g/mol. The summed E-state index contributed by atoms with van der Waals surface area (Å²) in [5.41, 5.74) is 0. The number of hydrogen-bond donors (Lipinski definition) is 1. The third-order valence-electron chi connectivity index (χ3n) is 4.89. The molecule has 2 heterocycles. The van der Waals surface area contributed by atoms with E-state index in [4.69, 9.17) is 4.74 Å². The third kappa shape index (κ3) is 7.91. The Labute approximate surface area is 179 Å². The van der Waals surface area contributed by atoms with Crippen molar-refractivity contribution in [2.75, 3.05) is 32.0 Å². The number of benzene rings is 1. The number of carbonyl (C=O) groups is 1. The van der Waals surface area contributed by atoms with Crippen molar-refractivity contribution in [1.29, 1.82) is 0 Å². The molecule has 0 spiro atoms. The van der Waals surface area contributed by atoms with E-state index in [-0.39, 0.29) is 11.7 Å². The van der Waals surface area contributed by atoms with Crippen molar-refractivity contribution in [3.8, 4) is 5.75 Å². The van der Waals surface area contributed by atoms with Crippen LogP contribution in [0.15, 0.2) is 46.7 Å². The highest BCUT2D eigenvalue weighted by Gasteiger charge is 2.12. The number of hydrogen-bond acceptors (Lipinski definition) is 5. The summed E-state index contributed by atoms with van der Waals surface area (Å²) in [6, 6.07) is 11.2. The van der Waals surface area contributed by atoms with Gasteiger partial charge in [-0.1, -0.05) is 24.6 Å². The van der Waals surface area contributed by atoms with Crippen molar-refractivity contribution in [3.63, 3.8) is 0 Å². The molecule has 0 saturated carbocycles. The Kier molecular flexibility index (Phi) is 9.18. The Morgan fingerprint density at radius 2 is 1.93 bits per heavy atom. The first-order valence-electron chi connectivity index (χ1n) is 10.3. The summed E-state index contributed by atoms with van der Waals surface area (Å²) in [7, 11) is -1.29. The van der Waals surface area contributed by atoms with Gasteiger partial charge in [-0.3, -0.25) is 13.9 Å². The zero-order valence-electron chi connectivity index (χ0n) is 16.8. The van der Waals surface area contributed by atoms with Crippen molar-refractivity contribution in [2.45, 2.75) is 43.5 Å². The molecule has 1 fully saturated rings. The van der Waals surface area contributed by atoms with Gasteiger partial charge < -0.3 is 10.1 Å². The summed E-state index contributed by atoms with van der Waals surface area (Å²) < 4.78 is 17.9. The van der Waals surface area contributed by atoms with Crippen LogP contribution < -0.4 is 10.1 Å². The van der Waals surface area contributed by atoms with E-state index in [9.17, 15) is 9.00 Å². The molecule has 5 nitrogen and oxygen atoms in total. The second kappa shape index (κ2) is 12.1. The number of piperidine rings is 1. The monoisotopic (exact) mass is 434 g/mol. The van der Waals surface area contributed by atoms with Crippen LogP contribution in [0.25, 0.3) is 0 Å². The Morgan fingerprint density at radius 3 is 2.72 bits per heavy atom. The quantitative estimate of drug-likeness (QED) is 0.546. The summed E-state index contributed by atoms with van der Waals surface area (Å²) in [4.78, 5) is 16.5. The Balaban J connectivity index is 1.24. The number of likely N-dealkylation sites (tertiary alicyclic amines) is 1. The van der Waals surface area contributed by atoms with Crippen LogP contribution in [-0.4, -0.2) is 47.0 Å². The fourth-order valence-electron chi connectivity index (χ4n) is 3.33. The van der Waals surface area contributed by atoms with E-state index in [2.05, 4.69) is 21.7 Å². The SMILES string of the molecule is O=C(CS(=O)c1ccccc1)NCCCCOc1csc(CN2CCCCC2)c1. The number of rotatable bonds is 11. The first-order chi connectivity index (χ1) is 14.2. The zero-order valence-corrected chi connectivity index (χ0v) is 18.4. The van der Waals surface area contributed by atoms with E-state index in [1.54, 1.807) is 23.5 Å². The van der Waals surface area contributed by atoms with Gasteiger partial charge in [-0.05, 0) is 57.0 Å². The summed E-state index contributed by atoms with van der Waals surface area (Å²) in [6.07, 6.45) is 5.70. The van der Waals surface area contributed by atoms with Gasteiger partial charge in [-0.15, -0.1) is 11.3 Å². The molecule has 0 radical (unpaired) electrons. The van der Waals surface area contributed by atoms with Crippen molar-refractivity contribution in [3.05, 3.63) is 46.7 Å². The molecule has 1 aliphatic heterocycles. The van der Waals surface area contributed by atoms with Gasteiger partial charge in [-0.2, -0.15) is 0 Å². The first-order valence-corrected chi connectivity index (χ1v) is 12.5. The molecule has 1 aromatic heterocycles. The van der Waals surface area contributed by atoms with E-state index >= 15 is 0 Å². The maximum absolute atomic E-state index is 12.1. The van der Waals surface area contributed by atoms with E-state index < -0.39 is 10.8 Å². The van der Waals surface area contributed by atoms with Crippen LogP contribution >= 0.6 is 11.3 Å². The highest BCUT2D eigenvalue weighted by atomic mass is 32.2. The van der Waals surface area contributed by atoms with Gasteiger partial charge in [0.2, 0.25) is 5.91 Å². The first kappa shape index (κ1) is 22.0. The lowest BCUT2D eigenvalue weighted by Gasteiger charge is -2.25. The fourth-order valence-corrected chi connectivity index (χ4v) is 5.14. The van der Waals surface area contributed by atoms with Gasteiger partial charge >= 0.3 is 0 Å². The summed E-state index contributed by atoms with van der Waals surface area (Å²) in [5.74, 6) is 0.785. The predicted molar refractivity (Wildman–Crippen MR) is 119 cm³/mol. The molecule has 29 heavy (non-hydrogen) atoms. The highest BCUT2D eigenvalue weighted by molar-refractivity contribution is 7.85. The third-order valence-corrected chi connectivity index (χ3v) is 7.11. The second-order valence-corrected chi connectivity index (χ2v) is 9.74. The minimum absolute atomic E-state index is 0.00914. The standard InChI is InChI=1S/C22H30N2O3S2/c25-22(18-29(26)21-9-3-1-4-10-21)23-11-5-8-14-27-19-15-20(28-17-19)16-24-12-6-2-7-13-24/h1,3-4,9-10,15,17H,2,5-8,11-14,16,18H2,(H,23,25). The van der Waals surface area contributed by atoms with E-state index in [1.165, 1.54) is 37.2 Å². The Bertz CT molecular complexity index is 773. The number of unbranched alkanes of at least 4 members (excludes halogenated alkanes) is 1. The molecule has 1 unspecified atom stereocenters. The van der Waals surface area contributed by atoms with Crippen LogP contribution in [0.3, 0.4) is 0 Å². The van der Waals surface area contributed by atoms with E-state index in [1.807, 2.05) is 18.2 Å². The lowest BCUT2D eigenvalue weighted by molar-refractivity contribution is -0.118. The largest absolute Gasteiger partial charge is 0.493 e. The molecule has 1 amide bonds. The van der Waals surface area contributed by atoms with Gasteiger partial charge in [-0.25, -0.2) is 0 Å². The van der Waals surface area contributed by atoms with E-state index in [0.717, 1.165) is 25.1 Å². The van der Waals surface area contributed by atoms with Gasteiger partial charge in [0.1, 0.15) is 11.5 Å². The number of carbonyl (C=O) groups excluding carboxylic acids is 1. The Hall–Kier alpha value is -1.70. The van der Waals surface area contributed by atoms with Crippen LogP contribution in [-0.2, 0) is 22.1 Å². The van der Waals surface area contributed by atoms with Crippen molar-refractivity contribution >= 4 is 28.0 Å². The van der Waals surface area contributed by atoms with Crippen molar-refractivity contribution in [1.82, 2.24) is 10.2 Å². The summed E-state index contributed by atoms with van der Waals surface area (Å²) >= 11 is 1.77. The summed E-state index contributed by atoms with van der Waals surface area (Å²) in [6.45, 7) is 4.67. The lowest BCUT2D eigenvalue weighted by Crippen LogP contribution is -2.29. The Morgan fingerprint density at radius 1 is 1.14 bits per heavy atom. The fraction of sp³-hybridized carbons (Fsp3) is 0.500. The lowest BCUT2D eigenvalue weighted by atomic mass is 10.1. The average molecular weight is 435 g/mol. The minimum Gasteiger partial charge on any atom is -0.493 e. The van der Waals surface area contributed by atoms with Gasteiger partial charge in [0.25, 0.3) is 0 Å². The molecule has 0 bridgehead atoms. The molecule has 1 N–H and O–H groups in total.